The van der Waals surface area contributed by atoms with Crippen molar-refractivity contribution in [3.8, 4) is 5.75 Å². The van der Waals surface area contributed by atoms with E-state index in [-0.39, 0.29) is 24.3 Å². The van der Waals surface area contributed by atoms with Crippen LogP contribution in [0.25, 0.3) is 0 Å². The van der Waals surface area contributed by atoms with Crippen LogP contribution in [0.15, 0.2) is 54.6 Å². The Bertz CT molecular complexity index is 844. The Morgan fingerprint density at radius 2 is 1.64 bits per heavy atom. The maximum atomic E-state index is 13.1. The number of methoxy groups -OCH3 is 1. The number of hydrogen-bond acceptors (Lipinski definition) is 4. The first-order valence-electron chi connectivity index (χ1n) is 9.95. The summed E-state index contributed by atoms with van der Waals surface area (Å²) in [5, 5.41) is 0. The van der Waals surface area contributed by atoms with Gasteiger partial charge in [-0.25, -0.2) is 4.90 Å². The number of amides is 2. The fourth-order valence-corrected chi connectivity index (χ4v) is 4.38. The zero-order valence-electron chi connectivity index (χ0n) is 16.2. The first-order valence-corrected chi connectivity index (χ1v) is 9.95. The van der Waals surface area contributed by atoms with Crippen LogP contribution in [-0.4, -0.2) is 43.0 Å². The summed E-state index contributed by atoms with van der Waals surface area (Å²) in [6.07, 6.45) is 3.45. The Morgan fingerprint density at radius 3 is 2.36 bits per heavy atom. The molecule has 4 rings (SSSR count). The fourth-order valence-electron chi connectivity index (χ4n) is 4.38. The largest absolute Gasteiger partial charge is 0.495 e. The van der Waals surface area contributed by atoms with Gasteiger partial charge in [0, 0.05) is 0 Å². The monoisotopic (exact) mass is 378 g/mol. The van der Waals surface area contributed by atoms with Gasteiger partial charge >= 0.3 is 0 Å². The average Bonchev–Trinajstić information content (AvgIpc) is 3.03. The van der Waals surface area contributed by atoms with Crippen LogP contribution in [0.4, 0.5) is 5.69 Å². The highest BCUT2D eigenvalue weighted by Gasteiger charge is 2.44. The zero-order valence-corrected chi connectivity index (χ0v) is 16.2. The maximum absolute atomic E-state index is 13.1. The summed E-state index contributed by atoms with van der Waals surface area (Å²) in [4.78, 5) is 29.2. The second-order valence-electron chi connectivity index (χ2n) is 7.63. The smallest absolute Gasteiger partial charge is 0.251 e. The number of piperidine rings is 1. The molecule has 0 aromatic heterocycles. The van der Waals surface area contributed by atoms with Gasteiger partial charge in [0.1, 0.15) is 5.75 Å². The molecule has 5 nitrogen and oxygen atoms in total. The van der Waals surface area contributed by atoms with Gasteiger partial charge in [0.05, 0.1) is 25.3 Å². The summed E-state index contributed by atoms with van der Waals surface area (Å²) in [6.45, 7) is 1.72. The van der Waals surface area contributed by atoms with Crippen molar-refractivity contribution in [2.45, 2.75) is 31.7 Å². The van der Waals surface area contributed by atoms with Crippen LogP contribution in [0.2, 0.25) is 0 Å². The van der Waals surface area contributed by atoms with E-state index in [1.54, 1.807) is 19.2 Å². The van der Waals surface area contributed by atoms with E-state index in [1.165, 1.54) is 10.5 Å². The SMILES string of the molecule is COc1ccccc1N1C(=O)C[C@@H](N2CCC(Cc3ccccc3)CC2)C1=O. The predicted molar refractivity (Wildman–Crippen MR) is 108 cm³/mol. The Labute approximate surface area is 165 Å². The minimum atomic E-state index is -0.352. The number of carbonyl (C=O) groups excluding carboxylic acids is 2. The van der Waals surface area contributed by atoms with E-state index >= 15 is 0 Å². The molecule has 2 saturated heterocycles. The summed E-state index contributed by atoms with van der Waals surface area (Å²) >= 11 is 0. The summed E-state index contributed by atoms with van der Waals surface area (Å²) in [6, 6.07) is 17.4. The van der Waals surface area contributed by atoms with Crippen LogP contribution >= 0.6 is 0 Å². The fraction of sp³-hybridized carbons (Fsp3) is 0.391. The summed E-state index contributed by atoms with van der Waals surface area (Å²) < 4.78 is 5.35. The van der Waals surface area contributed by atoms with Crippen molar-refractivity contribution in [2.75, 3.05) is 25.1 Å². The van der Waals surface area contributed by atoms with Gasteiger partial charge in [0.15, 0.2) is 0 Å². The minimum absolute atomic E-state index is 0.129. The Kier molecular flexibility index (Phi) is 5.44. The van der Waals surface area contributed by atoms with Crippen LogP contribution in [0, 0.1) is 5.92 Å². The lowest BCUT2D eigenvalue weighted by Crippen LogP contribution is -2.46. The number of likely N-dealkylation sites (tertiary alicyclic amines) is 1. The molecule has 28 heavy (non-hydrogen) atoms. The molecule has 0 spiro atoms. The van der Waals surface area contributed by atoms with Crippen molar-refractivity contribution in [1.29, 1.82) is 0 Å². The first-order chi connectivity index (χ1) is 13.7. The van der Waals surface area contributed by atoms with Gasteiger partial charge in [-0.15, -0.1) is 0 Å². The molecular formula is C23H26N2O3. The van der Waals surface area contributed by atoms with Crippen LogP contribution in [0.5, 0.6) is 5.75 Å². The zero-order chi connectivity index (χ0) is 19.5. The number of rotatable bonds is 5. The van der Waals surface area contributed by atoms with E-state index in [9.17, 15) is 9.59 Å². The maximum Gasteiger partial charge on any atom is 0.251 e. The van der Waals surface area contributed by atoms with Gasteiger partial charge in [-0.2, -0.15) is 0 Å². The van der Waals surface area contributed by atoms with Crippen molar-refractivity contribution in [3.63, 3.8) is 0 Å². The molecule has 2 aromatic rings. The van der Waals surface area contributed by atoms with Gasteiger partial charge in [-0.1, -0.05) is 42.5 Å². The van der Waals surface area contributed by atoms with Crippen molar-refractivity contribution >= 4 is 17.5 Å². The molecule has 2 amide bonds. The number of imide groups is 1. The van der Waals surface area contributed by atoms with Crippen molar-refractivity contribution in [3.05, 3.63) is 60.2 Å². The average molecular weight is 378 g/mol. The molecule has 0 saturated carbocycles. The molecule has 5 heteroatoms. The van der Waals surface area contributed by atoms with E-state index in [4.69, 9.17) is 4.74 Å². The van der Waals surface area contributed by atoms with Crippen molar-refractivity contribution in [1.82, 2.24) is 4.90 Å². The second-order valence-corrected chi connectivity index (χ2v) is 7.63. The molecule has 1 atom stereocenters. The first kappa shape index (κ1) is 18.7. The number of carbonyl (C=O) groups is 2. The number of nitrogens with zero attached hydrogens (tertiary/aromatic N) is 2. The number of para-hydroxylation sites is 2. The van der Waals surface area contributed by atoms with Gasteiger partial charge in [0.25, 0.3) is 5.91 Å². The third-order valence-electron chi connectivity index (χ3n) is 5.91. The molecule has 2 aliphatic heterocycles. The molecule has 2 aromatic carbocycles. The topological polar surface area (TPSA) is 49.9 Å². The normalized spacial score (nSPS) is 21.3. The third kappa shape index (κ3) is 3.67. The molecular weight excluding hydrogens is 352 g/mol. The van der Waals surface area contributed by atoms with Crippen LogP contribution < -0.4 is 9.64 Å². The molecule has 2 aliphatic rings. The third-order valence-corrected chi connectivity index (χ3v) is 5.91. The Morgan fingerprint density at radius 1 is 0.964 bits per heavy atom. The lowest BCUT2D eigenvalue weighted by atomic mass is 9.89. The highest BCUT2D eigenvalue weighted by molar-refractivity contribution is 6.23. The second kappa shape index (κ2) is 8.15. The molecule has 2 heterocycles. The van der Waals surface area contributed by atoms with Crippen LogP contribution in [0.3, 0.4) is 0 Å². The quantitative estimate of drug-likeness (QED) is 0.750. The van der Waals surface area contributed by atoms with Crippen LogP contribution in [-0.2, 0) is 16.0 Å². The summed E-state index contributed by atoms with van der Waals surface area (Å²) in [7, 11) is 1.55. The van der Waals surface area contributed by atoms with E-state index in [1.807, 2.05) is 18.2 Å². The molecule has 0 bridgehead atoms. The molecule has 0 N–H and O–H groups in total. The number of ether oxygens (including phenoxy) is 1. The Balaban J connectivity index is 1.41. The highest BCUT2D eigenvalue weighted by atomic mass is 16.5. The summed E-state index contributed by atoms with van der Waals surface area (Å²) in [5.74, 6) is 0.907. The van der Waals surface area contributed by atoms with Crippen molar-refractivity contribution < 1.29 is 14.3 Å². The summed E-state index contributed by atoms with van der Waals surface area (Å²) in [5.41, 5.74) is 1.91. The lowest BCUT2D eigenvalue weighted by Gasteiger charge is -2.34. The molecule has 146 valence electrons. The Hall–Kier alpha value is -2.66. The molecule has 0 radical (unpaired) electrons. The molecule has 0 aliphatic carbocycles. The van der Waals surface area contributed by atoms with E-state index in [0.717, 1.165) is 32.4 Å². The van der Waals surface area contributed by atoms with Gasteiger partial charge in [-0.3, -0.25) is 14.5 Å². The number of benzene rings is 2. The van der Waals surface area contributed by atoms with E-state index in [2.05, 4.69) is 29.2 Å². The molecule has 2 fully saturated rings. The number of anilines is 1. The number of hydrogen-bond donors (Lipinski definition) is 0. The van der Waals surface area contributed by atoms with E-state index in [0.29, 0.717) is 17.4 Å². The standard InChI is InChI=1S/C23H26N2O3/c1-28-21-10-6-5-9-19(21)25-22(26)16-20(23(25)27)24-13-11-18(12-14-24)15-17-7-3-2-4-8-17/h2-10,18,20H,11-16H2,1H3/t20-/m1/s1. The van der Waals surface area contributed by atoms with Gasteiger partial charge < -0.3 is 4.74 Å². The molecule has 0 unspecified atom stereocenters. The van der Waals surface area contributed by atoms with E-state index < -0.39 is 0 Å². The van der Waals surface area contributed by atoms with Gasteiger partial charge in [-0.05, 0) is 56.0 Å². The predicted octanol–water partition coefficient (Wildman–Crippen LogP) is 3.28. The van der Waals surface area contributed by atoms with Crippen molar-refractivity contribution in [2.24, 2.45) is 5.92 Å². The van der Waals surface area contributed by atoms with Gasteiger partial charge in [0.2, 0.25) is 5.91 Å². The van der Waals surface area contributed by atoms with Crippen LogP contribution in [0.1, 0.15) is 24.8 Å². The highest BCUT2D eigenvalue weighted by Crippen LogP contribution is 2.34. The lowest BCUT2D eigenvalue weighted by molar-refractivity contribution is -0.123. The minimum Gasteiger partial charge on any atom is -0.495 e.